The Morgan fingerprint density at radius 1 is 1.38 bits per heavy atom. The van der Waals surface area contributed by atoms with Gasteiger partial charge in [-0.2, -0.15) is 0 Å². The Hall–Kier alpha value is -0.890. The van der Waals surface area contributed by atoms with Crippen LogP contribution in [0.15, 0.2) is 29.4 Å². The van der Waals surface area contributed by atoms with Crippen molar-refractivity contribution < 1.29 is 0 Å². The molecular weight excluding hydrogens is 186 g/mol. The third kappa shape index (κ3) is 2.81. The molecule has 0 aliphatic carbocycles. The van der Waals surface area contributed by atoms with Gasteiger partial charge in [0.05, 0.1) is 0 Å². The van der Waals surface area contributed by atoms with Crippen LogP contribution in [-0.4, -0.2) is 0 Å². The minimum absolute atomic E-state index is 0.754. The van der Waals surface area contributed by atoms with Crippen LogP contribution in [-0.2, 0) is 6.42 Å². The van der Waals surface area contributed by atoms with Crippen molar-refractivity contribution in [1.82, 2.24) is 0 Å². The molecular formula is C10H12ClNO. The average Bonchev–Trinajstić information content (AvgIpc) is 2.18. The van der Waals surface area contributed by atoms with Crippen molar-refractivity contribution in [2.24, 2.45) is 5.18 Å². The van der Waals surface area contributed by atoms with E-state index < -0.39 is 5.50 Å². The van der Waals surface area contributed by atoms with Crippen molar-refractivity contribution >= 4 is 11.6 Å². The van der Waals surface area contributed by atoms with Crippen molar-refractivity contribution in [3.8, 4) is 0 Å². The topological polar surface area (TPSA) is 29.4 Å². The fourth-order valence-electron chi connectivity index (χ4n) is 1.19. The van der Waals surface area contributed by atoms with Gasteiger partial charge in [-0.1, -0.05) is 49.2 Å². The van der Waals surface area contributed by atoms with Crippen LogP contribution >= 0.6 is 11.6 Å². The molecule has 0 amide bonds. The standard InChI is InChI=1S/C10H12ClNO/c1-2-3-8-4-6-9(7-5-8)10(11)12-13/h4-7,10H,2-3H2,1H3. The van der Waals surface area contributed by atoms with Gasteiger partial charge in [-0.15, -0.1) is 4.91 Å². The van der Waals surface area contributed by atoms with E-state index in [4.69, 9.17) is 11.6 Å². The highest BCUT2D eigenvalue weighted by molar-refractivity contribution is 6.20. The maximum Gasteiger partial charge on any atom is 0.190 e. The third-order valence-corrected chi connectivity index (χ3v) is 2.22. The molecule has 0 N–H and O–H groups in total. The summed E-state index contributed by atoms with van der Waals surface area (Å²) in [5, 5.41) is 2.75. The SMILES string of the molecule is CCCc1ccc(C(Cl)N=O)cc1. The lowest BCUT2D eigenvalue weighted by Crippen LogP contribution is -1.87. The monoisotopic (exact) mass is 197 g/mol. The normalized spacial score (nSPS) is 12.5. The number of aryl methyl sites for hydroxylation is 1. The minimum Gasteiger partial charge on any atom is -0.149 e. The lowest BCUT2D eigenvalue weighted by molar-refractivity contribution is 0.917. The zero-order valence-corrected chi connectivity index (χ0v) is 8.29. The second-order valence-electron chi connectivity index (χ2n) is 2.93. The van der Waals surface area contributed by atoms with Crippen LogP contribution in [0, 0.1) is 4.91 Å². The van der Waals surface area contributed by atoms with Crippen molar-refractivity contribution in [1.29, 1.82) is 0 Å². The molecule has 1 unspecified atom stereocenters. The number of nitrogens with zero attached hydrogens (tertiary/aromatic N) is 1. The van der Waals surface area contributed by atoms with E-state index in [2.05, 4.69) is 12.1 Å². The van der Waals surface area contributed by atoms with Gasteiger partial charge >= 0.3 is 0 Å². The molecule has 3 heteroatoms. The van der Waals surface area contributed by atoms with Crippen LogP contribution in [0.2, 0.25) is 0 Å². The first kappa shape index (κ1) is 10.2. The van der Waals surface area contributed by atoms with Crippen LogP contribution < -0.4 is 0 Å². The van der Waals surface area contributed by atoms with Crippen molar-refractivity contribution in [3.05, 3.63) is 40.3 Å². The van der Waals surface area contributed by atoms with Crippen LogP contribution in [0.25, 0.3) is 0 Å². The van der Waals surface area contributed by atoms with Crippen LogP contribution in [0.4, 0.5) is 0 Å². The zero-order chi connectivity index (χ0) is 9.68. The van der Waals surface area contributed by atoms with Gasteiger partial charge in [0, 0.05) is 0 Å². The average molecular weight is 198 g/mol. The fraction of sp³-hybridized carbons (Fsp3) is 0.400. The van der Waals surface area contributed by atoms with E-state index in [0.717, 1.165) is 18.4 Å². The summed E-state index contributed by atoms with van der Waals surface area (Å²) in [6, 6.07) is 7.67. The van der Waals surface area contributed by atoms with Gasteiger partial charge in [0.15, 0.2) is 5.50 Å². The molecule has 2 nitrogen and oxygen atoms in total. The molecule has 1 aromatic rings. The molecule has 0 radical (unpaired) electrons. The van der Waals surface area contributed by atoms with Crippen molar-refractivity contribution in [2.45, 2.75) is 25.3 Å². The Morgan fingerprint density at radius 2 is 2.00 bits per heavy atom. The number of hydrogen-bond acceptors (Lipinski definition) is 2. The van der Waals surface area contributed by atoms with Crippen LogP contribution in [0.3, 0.4) is 0 Å². The Labute approximate surface area is 82.9 Å². The lowest BCUT2D eigenvalue weighted by atomic mass is 10.1. The van der Waals surface area contributed by atoms with E-state index in [1.165, 1.54) is 5.56 Å². The molecule has 0 aliphatic rings. The first-order chi connectivity index (χ1) is 6.27. The molecule has 13 heavy (non-hydrogen) atoms. The van der Waals surface area contributed by atoms with E-state index in [1.807, 2.05) is 24.3 Å². The summed E-state index contributed by atoms with van der Waals surface area (Å²) in [6.45, 7) is 2.13. The fourth-order valence-corrected chi connectivity index (χ4v) is 1.34. The van der Waals surface area contributed by atoms with E-state index in [0.29, 0.717) is 0 Å². The van der Waals surface area contributed by atoms with E-state index in [1.54, 1.807) is 0 Å². The number of benzene rings is 1. The van der Waals surface area contributed by atoms with Crippen molar-refractivity contribution in [2.75, 3.05) is 0 Å². The summed E-state index contributed by atoms with van der Waals surface area (Å²) in [5.41, 5.74) is 1.27. The summed E-state index contributed by atoms with van der Waals surface area (Å²) in [7, 11) is 0. The number of nitroso groups, excluding NO2 is 1. The highest BCUT2D eigenvalue weighted by Gasteiger charge is 2.05. The Bertz CT molecular complexity index is 271. The van der Waals surface area contributed by atoms with Gasteiger partial charge in [-0.3, -0.25) is 0 Å². The summed E-state index contributed by atoms with van der Waals surface area (Å²) >= 11 is 5.64. The first-order valence-electron chi connectivity index (χ1n) is 4.33. The summed E-state index contributed by atoms with van der Waals surface area (Å²) in [5.74, 6) is 0. The molecule has 0 aromatic heterocycles. The van der Waals surface area contributed by atoms with Gasteiger partial charge in [0.25, 0.3) is 0 Å². The highest BCUT2D eigenvalue weighted by atomic mass is 35.5. The van der Waals surface area contributed by atoms with Crippen LogP contribution in [0.1, 0.15) is 30.0 Å². The van der Waals surface area contributed by atoms with Crippen molar-refractivity contribution in [3.63, 3.8) is 0 Å². The summed E-state index contributed by atoms with van der Waals surface area (Å²) in [6.07, 6.45) is 2.18. The number of hydrogen-bond donors (Lipinski definition) is 0. The van der Waals surface area contributed by atoms with Gasteiger partial charge < -0.3 is 0 Å². The zero-order valence-electron chi connectivity index (χ0n) is 7.53. The Balaban J connectivity index is 2.74. The van der Waals surface area contributed by atoms with Gasteiger partial charge in [0.2, 0.25) is 0 Å². The van der Waals surface area contributed by atoms with Gasteiger partial charge in [-0.25, -0.2) is 0 Å². The summed E-state index contributed by atoms with van der Waals surface area (Å²) in [4.78, 5) is 10.1. The van der Waals surface area contributed by atoms with Gasteiger partial charge in [-0.05, 0) is 22.7 Å². The lowest BCUT2D eigenvalue weighted by Gasteiger charge is -2.02. The molecule has 1 atom stereocenters. The quantitative estimate of drug-likeness (QED) is 0.412. The second kappa shape index (κ2) is 4.97. The largest absolute Gasteiger partial charge is 0.190 e. The number of halogens is 1. The van der Waals surface area contributed by atoms with E-state index >= 15 is 0 Å². The predicted octanol–water partition coefficient (Wildman–Crippen LogP) is 3.64. The van der Waals surface area contributed by atoms with Crippen LogP contribution in [0.5, 0.6) is 0 Å². The second-order valence-corrected chi connectivity index (χ2v) is 3.35. The number of alkyl halides is 1. The molecule has 1 rings (SSSR count). The molecule has 0 aliphatic heterocycles. The Kier molecular flexibility index (Phi) is 3.90. The molecule has 0 saturated carbocycles. The summed E-state index contributed by atoms with van der Waals surface area (Å²) < 4.78 is 0. The Morgan fingerprint density at radius 3 is 2.46 bits per heavy atom. The molecule has 0 fully saturated rings. The number of rotatable bonds is 4. The van der Waals surface area contributed by atoms with Gasteiger partial charge in [0.1, 0.15) is 0 Å². The molecule has 70 valence electrons. The third-order valence-electron chi connectivity index (χ3n) is 1.89. The molecule has 0 saturated heterocycles. The minimum atomic E-state index is -0.754. The predicted molar refractivity (Wildman–Crippen MR) is 54.8 cm³/mol. The molecule has 0 bridgehead atoms. The molecule has 0 heterocycles. The maximum absolute atomic E-state index is 10.1. The maximum atomic E-state index is 10.1. The van der Waals surface area contributed by atoms with E-state index in [-0.39, 0.29) is 0 Å². The first-order valence-corrected chi connectivity index (χ1v) is 4.77. The molecule has 1 aromatic carbocycles. The van der Waals surface area contributed by atoms with E-state index in [9.17, 15) is 4.91 Å². The smallest absolute Gasteiger partial charge is 0.149 e. The highest BCUT2D eigenvalue weighted by Crippen LogP contribution is 2.21. The molecule has 0 spiro atoms.